The lowest BCUT2D eigenvalue weighted by Crippen LogP contribution is -2.19. The van der Waals surface area contributed by atoms with Gasteiger partial charge in [-0.15, -0.1) is 0 Å². The van der Waals surface area contributed by atoms with Crippen molar-refractivity contribution < 1.29 is 0 Å². The van der Waals surface area contributed by atoms with Crippen LogP contribution in [0.25, 0.3) is 10.8 Å². The maximum Gasteiger partial charge on any atom is 0.175 e. The zero-order valence-corrected chi connectivity index (χ0v) is 16.8. The van der Waals surface area contributed by atoms with Gasteiger partial charge in [0.25, 0.3) is 0 Å². The zero-order chi connectivity index (χ0) is 19.5. The Morgan fingerprint density at radius 1 is 1.00 bits per heavy atom. The number of fused-ring (bicyclic) bond motifs is 1. The Morgan fingerprint density at radius 3 is 2.68 bits per heavy atom. The van der Waals surface area contributed by atoms with Gasteiger partial charge in [-0.3, -0.25) is 4.68 Å². The van der Waals surface area contributed by atoms with Crippen molar-refractivity contribution in [3.63, 3.8) is 0 Å². The molecule has 4 nitrogen and oxygen atoms in total. The minimum absolute atomic E-state index is 0.552. The van der Waals surface area contributed by atoms with E-state index in [4.69, 9.17) is 12.2 Å². The Hall–Kier alpha value is -3.18. The SMILES string of the molecule is Cc1ccc(NC(=S)Nc2cnn(Cc3cccc4ccccc34)c2)c(C)c1. The summed E-state index contributed by atoms with van der Waals surface area (Å²) in [5.74, 6) is 0. The topological polar surface area (TPSA) is 41.9 Å². The summed E-state index contributed by atoms with van der Waals surface area (Å²) in [6.45, 7) is 4.86. The van der Waals surface area contributed by atoms with Crippen molar-refractivity contribution in [1.82, 2.24) is 9.78 Å². The molecule has 0 atom stereocenters. The quantitative estimate of drug-likeness (QED) is 0.454. The first kappa shape index (κ1) is 18.2. The number of nitrogens with one attached hydrogen (secondary N) is 2. The number of rotatable bonds is 4. The predicted molar refractivity (Wildman–Crippen MR) is 121 cm³/mol. The fourth-order valence-corrected chi connectivity index (χ4v) is 3.59. The van der Waals surface area contributed by atoms with Gasteiger partial charge >= 0.3 is 0 Å². The highest BCUT2D eigenvalue weighted by Crippen LogP contribution is 2.20. The number of aromatic nitrogens is 2. The molecule has 4 aromatic rings. The fraction of sp³-hybridized carbons (Fsp3) is 0.130. The molecule has 0 aliphatic heterocycles. The number of benzene rings is 3. The second kappa shape index (κ2) is 7.82. The summed E-state index contributed by atoms with van der Waals surface area (Å²) >= 11 is 5.45. The van der Waals surface area contributed by atoms with E-state index in [9.17, 15) is 0 Å². The molecule has 0 saturated carbocycles. The van der Waals surface area contributed by atoms with E-state index in [1.165, 1.54) is 21.9 Å². The van der Waals surface area contributed by atoms with Gasteiger partial charge in [0.1, 0.15) is 0 Å². The first-order valence-corrected chi connectivity index (χ1v) is 9.64. The molecule has 28 heavy (non-hydrogen) atoms. The van der Waals surface area contributed by atoms with Crippen LogP contribution in [0.1, 0.15) is 16.7 Å². The van der Waals surface area contributed by atoms with E-state index < -0.39 is 0 Å². The number of aryl methyl sites for hydroxylation is 2. The average molecular weight is 387 g/mol. The molecule has 0 aliphatic rings. The molecule has 0 radical (unpaired) electrons. The van der Waals surface area contributed by atoms with Crippen molar-refractivity contribution in [3.05, 3.63) is 89.7 Å². The Labute approximate surface area is 170 Å². The molecular formula is C23H22N4S. The van der Waals surface area contributed by atoms with E-state index >= 15 is 0 Å². The van der Waals surface area contributed by atoms with E-state index in [0.717, 1.165) is 16.9 Å². The van der Waals surface area contributed by atoms with Crippen LogP contribution in [0.2, 0.25) is 0 Å². The van der Waals surface area contributed by atoms with Crippen LogP contribution in [0.3, 0.4) is 0 Å². The molecule has 2 N–H and O–H groups in total. The Balaban J connectivity index is 1.45. The summed E-state index contributed by atoms with van der Waals surface area (Å²) in [7, 11) is 0. The number of thiocarbonyl (C=S) groups is 1. The zero-order valence-electron chi connectivity index (χ0n) is 15.9. The molecular weight excluding hydrogens is 364 g/mol. The third-order valence-electron chi connectivity index (χ3n) is 4.73. The third kappa shape index (κ3) is 4.05. The first-order valence-electron chi connectivity index (χ1n) is 9.23. The predicted octanol–water partition coefficient (Wildman–Crippen LogP) is 5.51. The van der Waals surface area contributed by atoms with E-state index in [1.807, 2.05) is 16.9 Å². The van der Waals surface area contributed by atoms with Gasteiger partial charge in [0, 0.05) is 11.9 Å². The molecule has 0 unspecified atom stereocenters. The summed E-state index contributed by atoms with van der Waals surface area (Å²) in [6, 6.07) is 21.0. The second-order valence-electron chi connectivity index (χ2n) is 6.96. The molecule has 0 amide bonds. The summed E-state index contributed by atoms with van der Waals surface area (Å²) in [4.78, 5) is 0. The normalized spacial score (nSPS) is 10.8. The standard InChI is InChI=1S/C23H22N4S/c1-16-10-11-22(17(2)12-16)26-23(28)25-20-13-24-27(15-20)14-19-8-5-7-18-6-3-4-9-21(18)19/h3-13,15H,14H2,1-2H3,(H2,25,26,28). The molecule has 4 rings (SSSR count). The van der Waals surface area contributed by atoms with Gasteiger partial charge < -0.3 is 10.6 Å². The average Bonchev–Trinajstić information content (AvgIpc) is 3.11. The molecule has 1 aromatic heterocycles. The molecule has 1 heterocycles. The lowest BCUT2D eigenvalue weighted by Gasteiger charge is -2.12. The van der Waals surface area contributed by atoms with Crippen LogP contribution < -0.4 is 10.6 Å². The lowest BCUT2D eigenvalue weighted by molar-refractivity contribution is 0.690. The molecule has 0 bridgehead atoms. The summed E-state index contributed by atoms with van der Waals surface area (Å²) < 4.78 is 1.92. The van der Waals surface area contributed by atoms with Crippen LogP contribution in [-0.2, 0) is 6.54 Å². The van der Waals surface area contributed by atoms with Gasteiger partial charge in [-0.2, -0.15) is 5.10 Å². The number of hydrogen-bond donors (Lipinski definition) is 2. The lowest BCUT2D eigenvalue weighted by atomic mass is 10.0. The van der Waals surface area contributed by atoms with E-state index in [1.54, 1.807) is 6.20 Å². The van der Waals surface area contributed by atoms with E-state index in [-0.39, 0.29) is 0 Å². The summed E-state index contributed by atoms with van der Waals surface area (Å²) in [6.07, 6.45) is 3.76. The van der Waals surface area contributed by atoms with Crippen molar-refractivity contribution in [2.45, 2.75) is 20.4 Å². The van der Waals surface area contributed by atoms with Crippen molar-refractivity contribution in [2.24, 2.45) is 0 Å². The second-order valence-corrected chi connectivity index (χ2v) is 7.37. The molecule has 5 heteroatoms. The van der Waals surface area contributed by atoms with Gasteiger partial charge in [0.2, 0.25) is 0 Å². The number of nitrogens with zero attached hydrogens (tertiary/aromatic N) is 2. The van der Waals surface area contributed by atoms with Gasteiger partial charge in [-0.1, -0.05) is 60.2 Å². The van der Waals surface area contributed by atoms with Crippen molar-refractivity contribution in [1.29, 1.82) is 0 Å². The maximum absolute atomic E-state index is 5.45. The smallest absolute Gasteiger partial charge is 0.175 e. The Bertz CT molecular complexity index is 1140. The van der Waals surface area contributed by atoms with Crippen molar-refractivity contribution in [2.75, 3.05) is 10.6 Å². The molecule has 0 fully saturated rings. The minimum Gasteiger partial charge on any atom is -0.332 e. The van der Waals surface area contributed by atoms with Gasteiger partial charge in [0.15, 0.2) is 5.11 Å². The molecule has 0 spiro atoms. The van der Waals surface area contributed by atoms with Crippen LogP contribution in [0.15, 0.2) is 73.1 Å². The fourth-order valence-electron chi connectivity index (χ4n) is 3.36. The largest absolute Gasteiger partial charge is 0.332 e. The van der Waals surface area contributed by atoms with Crippen molar-refractivity contribution in [3.8, 4) is 0 Å². The Morgan fingerprint density at radius 2 is 1.82 bits per heavy atom. The first-order chi connectivity index (χ1) is 13.6. The molecule has 140 valence electrons. The third-order valence-corrected chi connectivity index (χ3v) is 4.94. The highest BCUT2D eigenvalue weighted by Gasteiger charge is 2.06. The highest BCUT2D eigenvalue weighted by molar-refractivity contribution is 7.80. The maximum atomic E-state index is 5.45. The Kier molecular flexibility index (Phi) is 5.08. The minimum atomic E-state index is 0.552. The van der Waals surface area contributed by atoms with Crippen LogP contribution >= 0.6 is 12.2 Å². The van der Waals surface area contributed by atoms with Gasteiger partial charge in [0.05, 0.1) is 18.4 Å². The molecule has 3 aromatic carbocycles. The summed E-state index contributed by atoms with van der Waals surface area (Å²) in [5.41, 5.74) is 5.50. The van der Waals surface area contributed by atoms with E-state index in [0.29, 0.717) is 11.7 Å². The summed E-state index contributed by atoms with van der Waals surface area (Å²) in [5, 5.41) is 14.0. The van der Waals surface area contributed by atoms with Crippen molar-refractivity contribution >= 4 is 39.5 Å². The number of hydrogen-bond acceptors (Lipinski definition) is 2. The van der Waals surface area contributed by atoms with Crippen LogP contribution in [0.5, 0.6) is 0 Å². The van der Waals surface area contributed by atoms with Gasteiger partial charge in [-0.05, 0) is 54.0 Å². The van der Waals surface area contributed by atoms with E-state index in [2.05, 4.69) is 84.2 Å². The van der Waals surface area contributed by atoms with Crippen LogP contribution in [0, 0.1) is 13.8 Å². The van der Waals surface area contributed by atoms with Crippen LogP contribution in [0.4, 0.5) is 11.4 Å². The monoisotopic (exact) mass is 386 g/mol. The molecule has 0 aliphatic carbocycles. The molecule has 0 saturated heterocycles. The van der Waals surface area contributed by atoms with Crippen LogP contribution in [-0.4, -0.2) is 14.9 Å². The highest BCUT2D eigenvalue weighted by atomic mass is 32.1. The van der Waals surface area contributed by atoms with Gasteiger partial charge in [-0.25, -0.2) is 0 Å². The number of anilines is 2.